The van der Waals surface area contributed by atoms with Crippen LogP contribution in [0.25, 0.3) is 0 Å². The van der Waals surface area contributed by atoms with Gasteiger partial charge in [0.1, 0.15) is 11.6 Å². The zero-order valence-electron chi connectivity index (χ0n) is 12.3. The highest BCUT2D eigenvalue weighted by Crippen LogP contribution is 2.29. The Labute approximate surface area is 124 Å². The van der Waals surface area contributed by atoms with Gasteiger partial charge >= 0.3 is 0 Å². The number of phenols is 1. The smallest absolute Gasteiger partial charge is 0.163 e. The molecular formula is C16H22FNO3. The molecule has 1 saturated carbocycles. The molecule has 21 heavy (non-hydrogen) atoms. The molecule has 4 nitrogen and oxygen atoms in total. The Morgan fingerprint density at radius 2 is 2.05 bits per heavy atom. The fourth-order valence-electron chi connectivity index (χ4n) is 3.05. The van der Waals surface area contributed by atoms with E-state index >= 15 is 0 Å². The third kappa shape index (κ3) is 3.80. The number of ketones is 1. The van der Waals surface area contributed by atoms with Gasteiger partial charge in [-0.2, -0.15) is 0 Å². The summed E-state index contributed by atoms with van der Waals surface area (Å²) < 4.78 is 13.7. The van der Waals surface area contributed by atoms with E-state index in [1.165, 1.54) is 13.0 Å². The summed E-state index contributed by atoms with van der Waals surface area (Å²) >= 11 is 0. The topological polar surface area (TPSA) is 60.8 Å². The summed E-state index contributed by atoms with van der Waals surface area (Å²) in [6.07, 6.45) is 4.41. The van der Waals surface area contributed by atoms with Crippen molar-refractivity contribution in [3.8, 4) is 5.75 Å². The zero-order valence-corrected chi connectivity index (χ0v) is 12.3. The largest absolute Gasteiger partial charge is 0.507 e. The summed E-state index contributed by atoms with van der Waals surface area (Å²) in [4.78, 5) is 13.5. The van der Waals surface area contributed by atoms with Crippen LogP contribution in [0.4, 0.5) is 4.39 Å². The molecule has 116 valence electrons. The number of benzene rings is 1. The summed E-state index contributed by atoms with van der Waals surface area (Å²) in [6.45, 7) is 2.15. The van der Waals surface area contributed by atoms with Crippen molar-refractivity contribution in [2.24, 2.45) is 0 Å². The second kappa shape index (κ2) is 7.00. The number of carbonyl (C=O) groups excluding carboxylic acids is 1. The molecule has 0 saturated heterocycles. The highest BCUT2D eigenvalue weighted by molar-refractivity contribution is 5.97. The predicted octanol–water partition coefficient (Wildman–Crippen LogP) is 2.47. The predicted molar refractivity (Wildman–Crippen MR) is 77.8 cm³/mol. The normalized spacial score (nSPS) is 15.8. The van der Waals surface area contributed by atoms with E-state index in [2.05, 4.69) is 4.90 Å². The van der Waals surface area contributed by atoms with Gasteiger partial charge in [-0.05, 0) is 31.9 Å². The molecule has 0 spiro atoms. The van der Waals surface area contributed by atoms with E-state index in [-0.39, 0.29) is 23.7 Å². The molecule has 1 aliphatic carbocycles. The van der Waals surface area contributed by atoms with Crippen LogP contribution in [0, 0.1) is 5.82 Å². The van der Waals surface area contributed by atoms with Crippen molar-refractivity contribution in [3.05, 3.63) is 29.1 Å². The van der Waals surface area contributed by atoms with Gasteiger partial charge in [0.2, 0.25) is 0 Å². The summed E-state index contributed by atoms with van der Waals surface area (Å²) in [6, 6.07) is 2.68. The maximum atomic E-state index is 13.7. The van der Waals surface area contributed by atoms with E-state index in [4.69, 9.17) is 0 Å². The Hall–Kier alpha value is -1.46. The van der Waals surface area contributed by atoms with Crippen LogP contribution in [-0.2, 0) is 6.54 Å². The van der Waals surface area contributed by atoms with E-state index in [1.807, 2.05) is 0 Å². The highest BCUT2D eigenvalue weighted by atomic mass is 19.1. The monoisotopic (exact) mass is 295 g/mol. The van der Waals surface area contributed by atoms with Crippen molar-refractivity contribution in [1.82, 2.24) is 4.90 Å². The lowest BCUT2D eigenvalue weighted by Crippen LogP contribution is -2.35. The third-order valence-corrected chi connectivity index (χ3v) is 4.13. The molecule has 0 heterocycles. The molecule has 0 unspecified atom stereocenters. The number of nitrogens with zero attached hydrogens (tertiary/aromatic N) is 1. The van der Waals surface area contributed by atoms with E-state index < -0.39 is 5.82 Å². The Kier molecular flexibility index (Phi) is 5.31. The zero-order chi connectivity index (χ0) is 15.4. The molecule has 0 aromatic heterocycles. The van der Waals surface area contributed by atoms with E-state index in [1.54, 1.807) is 0 Å². The van der Waals surface area contributed by atoms with Crippen molar-refractivity contribution in [2.75, 3.05) is 13.2 Å². The average Bonchev–Trinajstić information content (AvgIpc) is 2.95. The van der Waals surface area contributed by atoms with Crippen LogP contribution in [0.1, 0.15) is 48.5 Å². The lowest BCUT2D eigenvalue weighted by Gasteiger charge is -2.28. The number of carbonyl (C=O) groups is 1. The van der Waals surface area contributed by atoms with Crippen LogP contribution in [0.2, 0.25) is 0 Å². The molecule has 1 aliphatic rings. The quantitative estimate of drug-likeness (QED) is 0.792. The van der Waals surface area contributed by atoms with Crippen molar-refractivity contribution < 1.29 is 19.4 Å². The van der Waals surface area contributed by atoms with Crippen molar-refractivity contribution in [1.29, 1.82) is 0 Å². The molecule has 0 amide bonds. The van der Waals surface area contributed by atoms with Gasteiger partial charge in [-0.25, -0.2) is 4.39 Å². The number of phenolic OH excluding ortho intramolecular Hbond substituents is 1. The molecule has 0 aliphatic heterocycles. The number of Topliss-reactive ketones (excluding diaryl/α,β-unsaturated/α-hetero) is 1. The molecule has 5 heteroatoms. The maximum absolute atomic E-state index is 13.7. The first-order valence-corrected chi connectivity index (χ1v) is 7.40. The molecule has 1 fully saturated rings. The minimum Gasteiger partial charge on any atom is -0.507 e. The van der Waals surface area contributed by atoms with Gasteiger partial charge in [0.15, 0.2) is 5.78 Å². The molecule has 0 radical (unpaired) electrons. The first-order valence-electron chi connectivity index (χ1n) is 7.40. The number of aliphatic hydroxyl groups is 1. The SMILES string of the molecule is CC(=O)c1cc(F)cc(CN(CCO)C2CCCC2)c1O. The van der Waals surface area contributed by atoms with Crippen molar-refractivity contribution in [2.45, 2.75) is 45.2 Å². The molecule has 1 aromatic carbocycles. The van der Waals surface area contributed by atoms with Crippen LogP contribution < -0.4 is 0 Å². The standard InChI is InChI=1S/C16H22FNO3/c1-11(20)15-9-13(17)8-12(16(15)21)10-18(6-7-19)14-4-2-3-5-14/h8-9,14,19,21H,2-7,10H2,1H3. The molecule has 0 bridgehead atoms. The van der Waals surface area contributed by atoms with Gasteiger partial charge in [0, 0.05) is 24.7 Å². The third-order valence-electron chi connectivity index (χ3n) is 4.13. The first kappa shape index (κ1) is 15.9. The fourth-order valence-corrected chi connectivity index (χ4v) is 3.05. The van der Waals surface area contributed by atoms with Gasteiger partial charge < -0.3 is 10.2 Å². The average molecular weight is 295 g/mol. The number of hydrogen-bond acceptors (Lipinski definition) is 4. The van der Waals surface area contributed by atoms with Crippen molar-refractivity contribution in [3.63, 3.8) is 0 Å². The second-order valence-electron chi connectivity index (χ2n) is 5.65. The number of aliphatic hydroxyl groups excluding tert-OH is 1. The van der Waals surface area contributed by atoms with Gasteiger partial charge in [-0.3, -0.25) is 9.69 Å². The summed E-state index contributed by atoms with van der Waals surface area (Å²) in [7, 11) is 0. The van der Waals surface area contributed by atoms with Crippen LogP contribution in [0.5, 0.6) is 5.75 Å². The van der Waals surface area contributed by atoms with Crippen LogP contribution in [0.15, 0.2) is 12.1 Å². The van der Waals surface area contributed by atoms with Crippen LogP contribution in [-0.4, -0.2) is 40.1 Å². The summed E-state index contributed by atoms with van der Waals surface area (Å²) in [5, 5.41) is 19.4. The second-order valence-corrected chi connectivity index (χ2v) is 5.65. The summed E-state index contributed by atoms with van der Waals surface area (Å²) in [5.41, 5.74) is 0.418. The molecule has 2 N–H and O–H groups in total. The fraction of sp³-hybridized carbons (Fsp3) is 0.562. The van der Waals surface area contributed by atoms with Gasteiger partial charge in [0.25, 0.3) is 0 Å². The molecule has 2 rings (SSSR count). The van der Waals surface area contributed by atoms with Crippen LogP contribution >= 0.6 is 0 Å². The van der Waals surface area contributed by atoms with Crippen molar-refractivity contribution >= 4 is 5.78 Å². The van der Waals surface area contributed by atoms with Gasteiger partial charge in [0.05, 0.1) is 12.2 Å². The Balaban J connectivity index is 2.25. The Morgan fingerprint density at radius 3 is 2.62 bits per heavy atom. The molecule has 1 aromatic rings. The van der Waals surface area contributed by atoms with Gasteiger partial charge in [-0.1, -0.05) is 12.8 Å². The lowest BCUT2D eigenvalue weighted by atomic mass is 10.0. The first-order chi connectivity index (χ1) is 10.0. The number of rotatable bonds is 6. The number of halogens is 1. The van der Waals surface area contributed by atoms with E-state index in [0.717, 1.165) is 31.7 Å². The highest BCUT2D eigenvalue weighted by Gasteiger charge is 2.24. The minimum atomic E-state index is -0.525. The van der Waals surface area contributed by atoms with E-state index in [9.17, 15) is 19.4 Å². The lowest BCUT2D eigenvalue weighted by molar-refractivity contribution is 0.101. The molecular weight excluding hydrogens is 273 g/mol. The van der Waals surface area contributed by atoms with E-state index in [0.29, 0.717) is 24.7 Å². The maximum Gasteiger partial charge on any atom is 0.163 e. The number of aromatic hydroxyl groups is 1. The minimum absolute atomic E-state index is 0.0142. The summed E-state index contributed by atoms with van der Waals surface area (Å²) in [5.74, 6) is -1.03. The number of hydrogen-bond donors (Lipinski definition) is 2. The van der Waals surface area contributed by atoms with Gasteiger partial charge in [-0.15, -0.1) is 0 Å². The Bertz CT molecular complexity index is 512. The van der Waals surface area contributed by atoms with Crippen LogP contribution in [0.3, 0.4) is 0 Å². The Morgan fingerprint density at radius 1 is 1.38 bits per heavy atom. The molecule has 0 atom stereocenters.